The molecule has 9 nitrogen and oxygen atoms in total. The first-order valence-corrected chi connectivity index (χ1v) is 13.6. The van der Waals surface area contributed by atoms with Crippen LogP contribution in [0.15, 0.2) is 35.5 Å². The van der Waals surface area contributed by atoms with Gasteiger partial charge >= 0.3 is 12.4 Å². The molecular formula is C25H29ClF6N6O3S. The van der Waals surface area contributed by atoms with Crippen molar-refractivity contribution >= 4 is 46.8 Å². The molecule has 0 radical (unpaired) electrons. The molecule has 1 fully saturated rings. The van der Waals surface area contributed by atoms with Crippen molar-refractivity contribution in [1.29, 1.82) is 0 Å². The van der Waals surface area contributed by atoms with E-state index < -0.39 is 48.8 Å². The number of pyridine rings is 1. The first-order chi connectivity index (χ1) is 19.3. The summed E-state index contributed by atoms with van der Waals surface area (Å²) in [4.78, 5) is 28.5. The van der Waals surface area contributed by atoms with E-state index in [2.05, 4.69) is 25.2 Å². The van der Waals surface area contributed by atoms with Crippen LogP contribution < -0.4 is 14.8 Å². The highest BCUT2D eigenvalue weighted by Gasteiger charge is 2.32. The molecule has 0 bridgehead atoms. The van der Waals surface area contributed by atoms with Crippen molar-refractivity contribution in [1.82, 2.24) is 24.8 Å². The molecule has 2 aromatic heterocycles. The molecule has 0 saturated carbocycles. The number of anilines is 1. The molecule has 17 heteroatoms. The van der Waals surface area contributed by atoms with Crippen molar-refractivity contribution < 1.29 is 40.6 Å². The normalized spacial score (nSPS) is 14.9. The summed E-state index contributed by atoms with van der Waals surface area (Å²) < 4.78 is 86.0. The van der Waals surface area contributed by atoms with Gasteiger partial charge in [0.05, 0.1) is 17.6 Å². The molecule has 3 aromatic rings. The molecule has 3 heterocycles. The van der Waals surface area contributed by atoms with Crippen LogP contribution in [0.3, 0.4) is 0 Å². The number of alkyl halides is 6. The Labute approximate surface area is 247 Å². The van der Waals surface area contributed by atoms with Gasteiger partial charge in [-0.3, -0.25) is 14.6 Å². The lowest BCUT2D eigenvalue weighted by atomic mass is 10.3. The number of hydrogen-bond acceptors (Lipinski definition) is 8. The molecule has 1 aromatic carbocycles. The average molecular weight is 643 g/mol. The van der Waals surface area contributed by atoms with E-state index in [4.69, 9.17) is 9.47 Å². The number of aromatic amines is 1. The zero-order chi connectivity index (χ0) is 29.6. The molecule has 1 amide bonds. The number of hydrogen-bond donors (Lipinski definition) is 2. The van der Waals surface area contributed by atoms with Crippen LogP contribution in [0.5, 0.6) is 11.6 Å². The van der Waals surface area contributed by atoms with Crippen molar-refractivity contribution in [3.05, 3.63) is 36.0 Å². The first kappa shape index (κ1) is 33.6. The van der Waals surface area contributed by atoms with Crippen molar-refractivity contribution in [3.8, 4) is 11.6 Å². The number of amides is 1. The number of fused-ring (bicyclic) bond motifs is 1. The SMILES string of the molecule is Cc1cc(OCC(F)(F)F)c(NC(=O)CN2CCN(CCSc3nc4ccccc4[nH]3)CC2)c(OCC(F)(F)F)n1.Cl. The minimum absolute atomic E-state index is 0. The number of nitrogens with zero attached hydrogens (tertiary/aromatic N) is 4. The summed E-state index contributed by atoms with van der Waals surface area (Å²) in [5.74, 6) is -1.02. The molecule has 0 unspecified atom stereocenters. The van der Waals surface area contributed by atoms with Crippen LogP contribution in [-0.4, -0.2) is 101 Å². The number of aryl methyl sites for hydroxylation is 1. The fourth-order valence-corrected chi connectivity index (χ4v) is 4.97. The monoisotopic (exact) mass is 642 g/mol. The Hall–Kier alpha value is -2.95. The second kappa shape index (κ2) is 14.5. The summed E-state index contributed by atoms with van der Waals surface area (Å²) in [5, 5.41) is 3.18. The number of para-hydroxylation sites is 2. The first-order valence-electron chi connectivity index (χ1n) is 12.6. The molecule has 232 valence electrons. The van der Waals surface area contributed by atoms with Gasteiger partial charge in [0.15, 0.2) is 24.1 Å². The number of ether oxygens (including phenoxy) is 2. The van der Waals surface area contributed by atoms with E-state index in [1.807, 2.05) is 29.2 Å². The highest BCUT2D eigenvalue weighted by molar-refractivity contribution is 7.99. The lowest BCUT2D eigenvalue weighted by molar-refractivity contribution is -0.154. The van der Waals surface area contributed by atoms with Crippen molar-refractivity contribution in [3.63, 3.8) is 0 Å². The third kappa shape index (κ3) is 10.4. The van der Waals surface area contributed by atoms with E-state index in [1.54, 1.807) is 11.8 Å². The zero-order valence-electron chi connectivity index (χ0n) is 22.3. The molecule has 1 aliphatic heterocycles. The minimum Gasteiger partial charge on any atom is -0.482 e. The Kier molecular flexibility index (Phi) is 11.6. The maximum atomic E-state index is 12.8. The van der Waals surface area contributed by atoms with E-state index in [0.29, 0.717) is 26.2 Å². The number of imidazole rings is 1. The number of thioether (sulfide) groups is 1. The minimum atomic E-state index is -4.73. The van der Waals surface area contributed by atoms with E-state index in [1.165, 1.54) is 6.92 Å². The Morgan fingerprint density at radius 3 is 2.31 bits per heavy atom. The summed E-state index contributed by atoms with van der Waals surface area (Å²) in [6.45, 7) is 1.01. The fourth-order valence-electron chi connectivity index (χ4n) is 4.08. The summed E-state index contributed by atoms with van der Waals surface area (Å²) in [5.41, 5.74) is 1.44. The number of carbonyl (C=O) groups excluding carboxylic acids is 1. The maximum Gasteiger partial charge on any atom is 0.422 e. The molecule has 0 spiro atoms. The predicted molar refractivity (Wildman–Crippen MR) is 148 cm³/mol. The fraction of sp³-hybridized carbons (Fsp3) is 0.480. The van der Waals surface area contributed by atoms with Gasteiger partial charge in [-0.2, -0.15) is 26.3 Å². The van der Waals surface area contributed by atoms with Crippen LogP contribution in [0.1, 0.15) is 5.69 Å². The van der Waals surface area contributed by atoms with Crippen molar-refractivity contribution in [2.24, 2.45) is 0 Å². The zero-order valence-corrected chi connectivity index (χ0v) is 24.0. The second-order valence-electron chi connectivity index (χ2n) is 9.32. The lowest BCUT2D eigenvalue weighted by Crippen LogP contribution is -2.49. The number of halogens is 7. The highest BCUT2D eigenvalue weighted by Crippen LogP contribution is 2.36. The number of nitrogens with one attached hydrogen (secondary N) is 2. The standard InChI is InChI=1S/C25H28F6N6O3S.ClH/c1-16-12-19(39-14-24(26,27)28)21(22(32-16)40-15-25(29,30)31)35-20(38)13-37-8-6-36(7-9-37)10-11-41-23-33-17-4-2-3-5-18(17)34-23;/h2-5,12H,6-11,13-15H2,1H3,(H,33,34)(H,35,38);1H. The number of aromatic nitrogens is 3. The summed E-state index contributed by atoms with van der Waals surface area (Å²) in [6, 6.07) is 8.85. The molecule has 1 aliphatic rings. The van der Waals surface area contributed by atoms with Crippen molar-refractivity contribution in [2.75, 3.05) is 63.6 Å². The third-order valence-electron chi connectivity index (χ3n) is 5.95. The van der Waals surface area contributed by atoms with E-state index in [9.17, 15) is 31.1 Å². The second-order valence-corrected chi connectivity index (χ2v) is 10.4. The van der Waals surface area contributed by atoms with Crippen LogP contribution in [0.25, 0.3) is 11.0 Å². The van der Waals surface area contributed by atoms with Gasteiger partial charge in [-0.25, -0.2) is 9.97 Å². The van der Waals surface area contributed by atoms with Gasteiger partial charge in [0, 0.05) is 50.2 Å². The Morgan fingerprint density at radius 2 is 1.64 bits per heavy atom. The average Bonchev–Trinajstić information content (AvgIpc) is 3.30. The number of carbonyl (C=O) groups is 1. The van der Waals surface area contributed by atoms with E-state index in [-0.39, 0.29) is 24.6 Å². The molecule has 42 heavy (non-hydrogen) atoms. The predicted octanol–water partition coefficient (Wildman–Crippen LogP) is 4.92. The maximum absolute atomic E-state index is 12.8. The smallest absolute Gasteiger partial charge is 0.422 e. The van der Waals surface area contributed by atoms with Gasteiger partial charge in [0.1, 0.15) is 5.69 Å². The Balaban J connectivity index is 0.00000484. The van der Waals surface area contributed by atoms with Crippen LogP contribution in [0.2, 0.25) is 0 Å². The largest absolute Gasteiger partial charge is 0.482 e. The van der Waals surface area contributed by atoms with Gasteiger partial charge in [-0.05, 0) is 19.1 Å². The number of piperazine rings is 1. The lowest BCUT2D eigenvalue weighted by Gasteiger charge is -2.34. The van der Waals surface area contributed by atoms with Gasteiger partial charge in [-0.1, -0.05) is 23.9 Å². The van der Waals surface area contributed by atoms with Gasteiger partial charge in [0.2, 0.25) is 11.8 Å². The molecule has 0 aliphatic carbocycles. The molecule has 4 rings (SSSR count). The van der Waals surface area contributed by atoms with Crippen molar-refractivity contribution in [2.45, 2.75) is 24.4 Å². The molecular weight excluding hydrogens is 614 g/mol. The van der Waals surface area contributed by atoms with E-state index in [0.717, 1.165) is 34.6 Å². The van der Waals surface area contributed by atoms with Crippen LogP contribution in [0, 0.1) is 6.92 Å². The molecule has 2 N–H and O–H groups in total. The summed E-state index contributed by atoms with van der Waals surface area (Å²) in [7, 11) is 0. The molecule has 0 atom stereocenters. The van der Waals surface area contributed by atoms with Crippen LogP contribution in [0.4, 0.5) is 32.0 Å². The number of benzene rings is 1. The summed E-state index contributed by atoms with van der Waals surface area (Å²) in [6.07, 6.45) is -9.44. The number of H-pyrrole nitrogens is 1. The third-order valence-corrected chi connectivity index (χ3v) is 6.81. The summed E-state index contributed by atoms with van der Waals surface area (Å²) >= 11 is 1.61. The van der Waals surface area contributed by atoms with E-state index >= 15 is 0 Å². The Bertz CT molecular complexity index is 1260. The quantitative estimate of drug-likeness (QED) is 0.225. The highest BCUT2D eigenvalue weighted by atomic mass is 35.5. The van der Waals surface area contributed by atoms with Gasteiger partial charge in [-0.15, -0.1) is 12.4 Å². The number of rotatable bonds is 11. The van der Waals surface area contributed by atoms with Gasteiger partial charge in [0.25, 0.3) is 0 Å². The topological polar surface area (TPSA) is 95.6 Å². The molecule has 1 saturated heterocycles. The van der Waals surface area contributed by atoms with Crippen LogP contribution >= 0.6 is 24.2 Å². The Morgan fingerprint density at radius 1 is 1.00 bits per heavy atom. The van der Waals surface area contributed by atoms with Gasteiger partial charge < -0.3 is 19.8 Å². The van der Waals surface area contributed by atoms with Crippen LogP contribution in [-0.2, 0) is 4.79 Å².